The average Bonchev–Trinajstić information content (AvgIpc) is 3.09. The molecule has 1 heterocycles. The molecule has 3 heteroatoms. The normalized spacial score (nSPS) is 11.3. The van der Waals surface area contributed by atoms with Gasteiger partial charge in [0.2, 0.25) is 0 Å². The second-order valence-corrected chi connectivity index (χ2v) is 5.62. The van der Waals surface area contributed by atoms with Crippen molar-refractivity contribution in [1.82, 2.24) is 9.97 Å². The predicted octanol–water partition coefficient (Wildman–Crippen LogP) is 5.11. The summed E-state index contributed by atoms with van der Waals surface area (Å²) in [5.41, 5.74) is 3.06. The lowest BCUT2D eigenvalue weighted by Crippen LogP contribution is -1.81. The van der Waals surface area contributed by atoms with Crippen LogP contribution in [0.2, 0.25) is 0 Å². The maximum Gasteiger partial charge on any atom is 0.130 e. The maximum absolute atomic E-state index is 9.32. The zero-order valence-corrected chi connectivity index (χ0v) is 13.0. The van der Waals surface area contributed by atoms with Gasteiger partial charge in [-0.3, -0.25) is 0 Å². The van der Waals surface area contributed by atoms with Gasteiger partial charge in [0.05, 0.1) is 5.69 Å². The quantitative estimate of drug-likeness (QED) is 0.552. The third kappa shape index (κ3) is 2.79. The van der Waals surface area contributed by atoms with Crippen LogP contribution in [-0.2, 0) is 0 Å². The summed E-state index contributed by atoms with van der Waals surface area (Å²) in [6, 6.07) is 21.6. The smallest absolute Gasteiger partial charge is 0.130 e. The number of nitrogens with one attached hydrogen (secondary N) is 1. The first kappa shape index (κ1) is 14.3. The van der Waals surface area contributed by atoms with Gasteiger partial charge in [0.15, 0.2) is 0 Å². The minimum atomic E-state index is 0.267. The molecule has 0 unspecified atom stereocenters. The molecule has 0 atom stereocenters. The summed E-state index contributed by atoms with van der Waals surface area (Å²) in [4.78, 5) is 7.87. The van der Waals surface area contributed by atoms with E-state index in [1.807, 2.05) is 42.6 Å². The van der Waals surface area contributed by atoms with Crippen molar-refractivity contribution in [2.24, 2.45) is 0 Å². The number of rotatable bonds is 3. The number of phenols is 1. The first-order valence-electron chi connectivity index (χ1n) is 7.80. The molecule has 3 nitrogen and oxygen atoms in total. The van der Waals surface area contributed by atoms with E-state index in [4.69, 9.17) is 0 Å². The minimum absolute atomic E-state index is 0.267. The van der Waals surface area contributed by atoms with Crippen LogP contribution in [0.1, 0.15) is 11.4 Å². The Balaban J connectivity index is 1.66. The number of aromatic hydroxyl groups is 1. The lowest BCUT2D eigenvalue weighted by Gasteiger charge is -2.03. The summed E-state index contributed by atoms with van der Waals surface area (Å²) in [5.74, 6) is 1.06. The Morgan fingerprint density at radius 1 is 0.833 bits per heavy atom. The number of H-pyrrole nitrogens is 1. The van der Waals surface area contributed by atoms with Crippen molar-refractivity contribution < 1.29 is 5.11 Å². The molecule has 4 aromatic rings. The van der Waals surface area contributed by atoms with Crippen LogP contribution in [0.25, 0.3) is 34.2 Å². The lowest BCUT2D eigenvalue weighted by atomic mass is 10.0. The average molecular weight is 312 g/mol. The molecule has 0 amide bonds. The van der Waals surface area contributed by atoms with E-state index in [2.05, 4.69) is 40.3 Å². The van der Waals surface area contributed by atoms with Crippen molar-refractivity contribution in [2.45, 2.75) is 0 Å². The Hall–Kier alpha value is -3.33. The molecule has 24 heavy (non-hydrogen) atoms. The van der Waals surface area contributed by atoms with E-state index in [1.54, 1.807) is 12.1 Å². The predicted molar refractivity (Wildman–Crippen MR) is 98.6 cm³/mol. The van der Waals surface area contributed by atoms with Gasteiger partial charge in [0.25, 0.3) is 0 Å². The molecule has 0 spiro atoms. The first-order chi connectivity index (χ1) is 11.8. The maximum atomic E-state index is 9.32. The van der Waals surface area contributed by atoms with Crippen molar-refractivity contribution in [2.75, 3.05) is 0 Å². The topological polar surface area (TPSA) is 48.9 Å². The molecule has 0 bridgehead atoms. The van der Waals surface area contributed by atoms with E-state index in [0.29, 0.717) is 0 Å². The van der Waals surface area contributed by atoms with Crippen LogP contribution in [0.5, 0.6) is 5.75 Å². The molecule has 3 aromatic carbocycles. The van der Waals surface area contributed by atoms with E-state index >= 15 is 0 Å². The molecule has 4 rings (SSSR count). The molecule has 1 aromatic heterocycles. The van der Waals surface area contributed by atoms with Crippen LogP contribution in [0.15, 0.2) is 72.9 Å². The molecule has 0 saturated heterocycles. The van der Waals surface area contributed by atoms with E-state index < -0.39 is 0 Å². The first-order valence-corrected chi connectivity index (χ1v) is 7.80. The van der Waals surface area contributed by atoms with Crippen molar-refractivity contribution in [3.8, 4) is 17.0 Å². The molecule has 0 aliphatic heterocycles. The van der Waals surface area contributed by atoms with Crippen molar-refractivity contribution in [3.63, 3.8) is 0 Å². The number of aromatic amines is 1. The number of aromatic nitrogens is 2. The highest BCUT2D eigenvalue weighted by atomic mass is 16.3. The molecular weight excluding hydrogens is 296 g/mol. The van der Waals surface area contributed by atoms with Gasteiger partial charge >= 0.3 is 0 Å². The summed E-state index contributed by atoms with van der Waals surface area (Å²) in [6.07, 6.45) is 5.82. The highest BCUT2D eigenvalue weighted by Gasteiger charge is 2.06. The fourth-order valence-electron chi connectivity index (χ4n) is 2.77. The largest absolute Gasteiger partial charge is 0.508 e. The highest BCUT2D eigenvalue weighted by Crippen LogP contribution is 2.27. The van der Waals surface area contributed by atoms with Gasteiger partial charge in [-0.05, 0) is 34.5 Å². The molecule has 2 N–H and O–H groups in total. The zero-order chi connectivity index (χ0) is 16.4. The third-order valence-electron chi connectivity index (χ3n) is 3.99. The van der Waals surface area contributed by atoms with Crippen LogP contribution in [0.4, 0.5) is 0 Å². The number of hydrogen-bond acceptors (Lipinski definition) is 2. The van der Waals surface area contributed by atoms with Gasteiger partial charge in [0.1, 0.15) is 11.6 Å². The lowest BCUT2D eigenvalue weighted by molar-refractivity contribution is 0.475. The van der Waals surface area contributed by atoms with Gasteiger partial charge in [0, 0.05) is 11.8 Å². The fourth-order valence-corrected chi connectivity index (χ4v) is 2.77. The van der Waals surface area contributed by atoms with Gasteiger partial charge in [-0.25, -0.2) is 4.98 Å². The third-order valence-corrected chi connectivity index (χ3v) is 3.99. The van der Waals surface area contributed by atoms with Crippen LogP contribution in [-0.4, -0.2) is 15.1 Å². The summed E-state index contributed by atoms with van der Waals surface area (Å²) < 4.78 is 0. The molecule has 0 aliphatic rings. The summed E-state index contributed by atoms with van der Waals surface area (Å²) in [6.45, 7) is 0. The molecule has 116 valence electrons. The van der Waals surface area contributed by atoms with Gasteiger partial charge in [-0.1, -0.05) is 60.7 Å². The van der Waals surface area contributed by atoms with Crippen molar-refractivity contribution in [3.05, 3.63) is 84.3 Å². The molecular formula is C21H16N2O. The van der Waals surface area contributed by atoms with Gasteiger partial charge in [-0.2, -0.15) is 0 Å². The van der Waals surface area contributed by atoms with Crippen LogP contribution in [0.3, 0.4) is 0 Å². The Morgan fingerprint density at radius 3 is 2.50 bits per heavy atom. The van der Waals surface area contributed by atoms with Gasteiger partial charge < -0.3 is 10.1 Å². The second-order valence-electron chi connectivity index (χ2n) is 5.62. The summed E-state index contributed by atoms with van der Waals surface area (Å²) in [7, 11) is 0. The van der Waals surface area contributed by atoms with Crippen LogP contribution >= 0.6 is 0 Å². The van der Waals surface area contributed by atoms with E-state index in [0.717, 1.165) is 22.6 Å². The molecule has 0 saturated carbocycles. The van der Waals surface area contributed by atoms with Gasteiger partial charge in [-0.15, -0.1) is 0 Å². The van der Waals surface area contributed by atoms with E-state index in [-0.39, 0.29) is 5.75 Å². The molecule has 0 radical (unpaired) electrons. The number of nitrogens with zero attached hydrogens (tertiary/aromatic N) is 1. The van der Waals surface area contributed by atoms with E-state index in [1.165, 1.54) is 10.8 Å². The zero-order valence-electron chi connectivity index (χ0n) is 13.0. The van der Waals surface area contributed by atoms with E-state index in [9.17, 15) is 5.11 Å². The van der Waals surface area contributed by atoms with Crippen molar-refractivity contribution in [1.29, 1.82) is 0 Å². The number of phenolic OH excluding ortho intramolecular Hbond substituents is 1. The monoisotopic (exact) mass is 312 g/mol. The number of imidazole rings is 1. The molecule has 0 aliphatic carbocycles. The minimum Gasteiger partial charge on any atom is -0.508 e. The Kier molecular flexibility index (Phi) is 3.60. The number of benzene rings is 3. The second kappa shape index (κ2) is 6.05. The fraction of sp³-hybridized carbons (Fsp3) is 0. The standard InChI is InChI=1S/C21H16N2O/c24-17-11-8-15(9-12-17)10-13-21-22-14-20(23-21)19-7-3-5-16-4-1-2-6-18(16)19/h1-14,24H,(H,22,23). The Labute approximate surface area is 139 Å². The summed E-state index contributed by atoms with van der Waals surface area (Å²) >= 11 is 0. The number of hydrogen-bond donors (Lipinski definition) is 2. The highest BCUT2D eigenvalue weighted by molar-refractivity contribution is 5.95. The van der Waals surface area contributed by atoms with Crippen molar-refractivity contribution >= 4 is 22.9 Å². The SMILES string of the molecule is Oc1ccc(C=Cc2nc(-c3cccc4ccccc34)c[nH]2)cc1. The van der Waals surface area contributed by atoms with Crippen LogP contribution in [0, 0.1) is 0 Å². The Bertz CT molecular complexity index is 1010. The Morgan fingerprint density at radius 2 is 1.62 bits per heavy atom. The summed E-state index contributed by atoms with van der Waals surface area (Å²) in [5, 5.41) is 11.7. The number of fused-ring (bicyclic) bond motifs is 1. The van der Waals surface area contributed by atoms with Crippen LogP contribution < -0.4 is 0 Å². The molecule has 0 fully saturated rings.